The predicted octanol–water partition coefficient (Wildman–Crippen LogP) is 4.65. The number of benzene rings is 1. The van der Waals surface area contributed by atoms with E-state index in [2.05, 4.69) is 25.7 Å². The van der Waals surface area contributed by atoms with Crippen LogP contribution < -0.4 is 0 Å². The molecule has 0 bridgehead atoms. The third-order valence-corrected chi connectivity index (χ3v) is 4.69. The van der Waals surface area contributed by atoms with Crippen LogP contribution in [0.2, 0.25) is 24.7 Å². The van der Waals surface area contributed by atoms with Crippen molar-refractivity contribution in [3.05, 3.63) is 46.7 Å². The maximum absolute atomic E-state index is 11.6. The first-order valence-corrected chi connectivity index (χ1v) is 10.9. The van der Waals surface area contributed by atoms with Crippen molar-refractivity contribution in [1.29, 1.82) is 0 Å². The molecule has 0 fully saturated rings. The second-order valence-corrected chi connectivity index (χ2v) is 11.3. The van der Waals surface area contributed by atoms with Crippen LogP contribution in [0.1, 0.15) is 24.3 Å². The lowest BCUT2D eigenvalue weighted by Gasteiger charge is -2.32. The van der Waals surface area contributed by atoms with Gasteiger partial charge < -0.3 is 9.53 Å². The summed E-state index contributed by atoms with van der Waals surface area (Å²) >= 11 is 5.90. The minimum absolute atomic E-state index is 0.0197. The SMILES string of the molecule is C[Si](C)(C)OC1=CC[C@H](c2ccc(Cl)cc2)[C@@H](C(=O)O)C1. The molecule has 3 nitrogen and oxygen atoms in total. The van der Waals surface area contributed by atoms with Gasteiger partial charge in [-0.25, -0.2) is 0 Å². The fourth-order valence-electron chi connectivity index (χ4n) is 2.68. The average Bonchev–Trinajstić information content (AvgIpc) is 2.38. The van der Waals surface area contributed by atoms with Crippen molar-refractivity contribution in [1.82, 2.24) is 0 Å². The summed E-state index contributed by atoms with van der Waals surface area (Å²) in [6.45, 7) is 6.32. The Balaban J connectivity index is 2.22. The van der Waals surface area contributed by atoms with Gasteiger partial charge >= 0.3 is 5.97 Å². The van der Waals surface area contributed by atoms with Gasteiger partial charge in [-0.05, 0) is 49.8 Å². The van der Waals surface area contributed by atoms with Crippen LogP contribution in [0.3, 0.4) is 0 Å². The Bertz CT molecular complexity index is 546. The van der Waals surface area contributed by atoms with E-state index >= 15 is 0 Å². The fraction of sp³-hybridized carbons (Fsp3) is 0.438. The molecular formula is C16H21ClO3Si. The molecule has 0 amide bonds. The summed E-state index contributed by atoms with van der Waals surface area (Å²) in [5.41, 5.74) is 1.02. The van der Waals surface area contributed by atoms with Crippen molar-refractivity contribution in [3.63, 3.8) is 0 Å². The summed E-state index contributed by atoms with van der Waals surface area (Å²) in [5.74, 6) is -0.386. The topological polar surface area (TPSA) is 46.5 Å². The Morgan fingerprint density at radius 3 is 2.43 bits per heavy atom. The lowest BCUT2D eigenvalue weighted by molar-refractivity contribution is -0.143. The molecule has 1 aliphatic carbocycles. The van der Waals surface area contributed by atoms with Crippen molar-refractivity contribution in [2.75, 3.05) is 0 Å². The molecule has 0 saturated heterocycles. The van der Waals surface area contributed by atoms with E-state index < -0.39 is 20.2 Å². The van der Waals surface area contributed by atoms with E-state index in [0.29, 0.717) is 17.9 Å². The van der Waals surface area contributed by atoms with Crippen molar-refractivity contribution in [2.24, 2.45) is 5.92 Å². The van der Waals surface area contributed by atoms with Crippen molar-refractivity contribution >= 4 is 25.9 Å². The van der Waals surface area contributed by atoms with E-state index in [9.17, 15) is 9.90 Å². The lowest BCUT2D eigenvalue weighted by atomic mass is 9.78. The molecular weight excluding hydrogens is 304 g/mol. The molecule has 2 rings (SSSR count). The standard InChI is InChI=1S/C16H21ClO3Si/c1-21(2,3)20-13-8-9-14(15(10-13)16(18)19)11-4-6-12(17)7-5-11/h4-8,14-15H,9-10H2,1-3H3,(H,18,19)/t14-,15+/m1/s1. The molecule has 0 heterocycles. The van der Waals surface area contributed by atoms with Crippen LogP contribution in [0.15, 0.2) is 36.1 Å². The summed E-state index contributed by atoms with van der Waals surface area (Å²) in [7, 11) is -1.70. The molecule has 0 unspecified atom stereocenters. The molecule has 1 aliphatic rings. The largest absolute Gasteiger partial charge is 0.548 e. The monoisotopic (exact) mass is 324 g/mol. The maximum atomic E-state index is 11.6. The van der Waals surface area contributed by atoms with Crippen LogP contribution in [0, 0.1) is 5.92 Å². The number of carboxylic acids is 1. The summed E-state index contributed by atoms with van der Waals surface area (Å²) < 4.78 is 5.98. The third-order valence-electron chi connectivity index (χ3n) is 3.56. The number of hydrogen-bond acceptors (Lipinski definition) is 2. The van der Waals surface area contributed by atoms with Gasteiger partial charge in [0.25, 0.3) is 0 Å². The van der Waals surface area contributed by atoms with Crippen LogP contribution in [0.5, 0.6) is 0 Å². The molecule has 0 aliphatic heterocycles. The van der Waals surface area contributed by atoms with Gasteiger partial charge in [0.05, 0.1) is 11.7 Å². The maximum Gasteiger partial charge on any atom is 0.307 e. The van der Waals surface area contributed by atoms with E-state index in [1.807, 2.05) is 24.3 Å². The first kappa shape index (κ1) is 16.1. The van der Waals surface area contributed by atoms with Crippen LogP contribution in [0.25, 0.3) is 0 Å². The molecule has 1 aromatic rings. The first-order valence-electron chi connectivity index (χ1n) is 7.12. The highest BCUT2D eigenvalue weighted by molar-refractivity contribution is 6.70. The third kappa shape index (κ3) is 4.35. The Morgan fingerprint density at radius 1 is 1.29 bits per heavy atom. The second kappa shape index (κ2) is 6.24. The minimum Gasteiger partial charge on any atom is -0.548 e. The molecule has 0 radical (unpaired) electrons. The number of carboxylic acid groups (broad SMARTS) is 1. The quantitative estimate of drug-likeness (QED) is 0.820. The average molecular weight is 325 g/mol. The summed E-state index contributed by atoms with van der Waals surface area (Å²) in [6.07, 6.45) is 3.21. The van der Waals surface area contributed by atoms with Gasteiger partial charge in [0.1, 0.15) is 0 Å². The smallest absolute Gasteiger partial charge is 0.307 e. The molecule has 0 spiro atoms. The second-order valence-electron chi connectivity index (χ2n) is 6.43. The van der Waals surface area contributed by atoms with Crippen LogP contribution in [0.4, 0.5) is 0 Å². The normalized spacial score (nSPS) is 22.6. The van der Waals surface area contributed by atoms with Gasteiger partial charge in [-0.15, -0.1) is 0 Å². The zero-order valence-electron chi connectivity index (χ0n) is 12.6. The Labute approximate surface area is 131 Å². The van der Waals surface area contributed by atoms with E-state index in [4.69, 9.17) is 16.0 Å². The zero-order valence-corrected chi connectivity index (χ0v) is 14.4. The van der Waals surface area contributed by atoms with Gasteiger partial charge in [0.2, 0.25) is 8.32 Å². The highest BCUT2D eigenvalue weighted by Crippen LogP contribution is 2.38. The zero-order chi connectivity index (χ0) is 15.6. The van der Waals surface area contributed by atoms with Crippen molar-refractivity contribution < 1.29 is 14.3 Å². The first-order chi connectivity index (χ1) is 9.76. The molecule has 5 heteroatoms. The van der Waals surface area contributed by atoms with E-state index in [1.54, 1.807) is 0 Å². The molecule has 0 aromatic heterocycles. The molecule has 114 valence electrons. The van der Waals surface area contributed by atoms with Crippen molar-refractivity contribution in [2.45, 2.75) is 38.4 Å². The highest BCUT2D eigenvalue weighted by atomic mass is 35.5. The van der Waals surface area contributed by atoms with Crippen LogP contribution in [-0.2, 0) is 9.22 Å². The van der Waals surface area contributed by atoms with Gasteiger partial charge in [-0.3, -0.25) is 4.79 Å². The molecule has 1 aromatic carbocycles. The summed E-state index contributed by atoms with van der Waals surface area (Å²) in [4.78, 5) is 11.6. The van der Waals surface area contributed by atoms with Crippen LogP contribution >= 0.6 is 11.6 Å². The Morgan fingerprint density at radius 2 is 1.90 bits per heavy atom. The summed E-state index contributed by atoms with van der Waals surface area (Å²) in [6, 6.07) is 7.46. The van der Waals surface area contributed by atoms with Gasteiger partial charge in [0, 0.05) is 17.4 Å². The number of allylic oxidation sites excluding steroid dienone is 2. The van der Waals surface area contributed by atoms with E-state index in [1.165, 1.54) is 0 Å². The highest BCUT2D eigenvalue weighted by Gasteiger charge is 2.34. The predicted molar refractivity (Wildman–Crippen MR) is 87.1 cm³/mol. The van der Waals surface area contributed by atoms with Gasteiger partial charge in [-0.1, -0.05) is 23.7 Å². The van der Waals surface area contributed by atoms with Gasteiger partial charge in [-0.2, -0.15) is 0 Å². The number of aliphatic carboxylic acids is 1. The summed E-state index contributed by atoms with van der Waals surface area (Å²) in [5, 5.41) is 10.2. The number of halogens is 1. The molecule has 21 heavy (non-hydrogen) atoms. The minimum atomic E-state index is -1.70. The number of carbonyl (C=O) groups is 1. The van der Waals surface area contributed by atoms with E-state index in [0.717, 1.165) is 11.3 Å². The van der Waals surface area contributed by atoms with E-state index in [-0.39, 0.29) is 5.92 Å². The lowest BCUT2D eigenvalue weighted by Crippen LogP contribution is -2.30. The van der Waals surface area contributed by atoms with Crippen LogP contribution in [-0.4, -0.2) is 19.4 Å². The van der Waals surface area contributed by atoms with Gasteiger partial charge in [0.15, 0.2) is 0 Å². The number of hydrogen-bond donors (Lipinski definition) is 1. The van der Waals surface area contributed by atoms with Crippen molar-refractivity contribution in [3.8, 4) is 0 Å². The molecule has 2 atom stereocenters. The molecule has 0 saturated carbocycles. The Kier molecular flexibility index (Phi) is 4.79. The number of rotatable bonds is 4. The molecule has 1 N–H and O–H groups in total. The Hall–Kier alpha value is -1.26. The fourth-order valence-corrected chi connectivity index (χ4v) is 3.76.